The molecule has 0 radical (unpaired) electrons. The minimum absolute atomic E-state index is 0.0320. The first-order chi connectivity index (χ1) is 16.2. The fourth-order valence-corrected chi connectivity index (χ4v) is 3.63. The fraction of sp³-hybridized carbons (Fsp3) is 0.320. The number of amides is 1. The Morgan fingerprint density at radius 3 is 2.59 bits per heavy atom. The number of rotatable bonds is 10. The summed E-state index contributed by atoms with van der Waals surface area (Å²) < 4.78 is 17.0. The van der Waals surface area contributed by atoms with Gasteiger partial charge in [-0.15, -0.1) is 0 Å². The van der Waals surface area contributed by atoms with E-state index in [1.165, 1.54) is 19.3 Å². The zero-order valence-corrected chi connectivity index (χ0v) is 21.8. The Labute approximate surface area is 212 Å². The molecule has 0 fully saturated rings. The zero-order valence-electron chi connectivity index (χ0n) is 19.5. The van der Waals surface area contributed by atoms with Gasteiger partial charge in [0.05, 0.1) is 11.6 Å². The monoisotopic (exact) mass is 548 g/mol. The van der Waals surface area contributed by atoms with E-state index in [2.05, 4.69) is 21.2 Å². The number of unbranched alkanes of at least 4 members (excludes halogenated alkanes) is 1. The Morgan fingerprint density at radius 2 is 1.94 bits per heavy atom. The summed E-state index contributed by atoms with van der Waals surface area (Å²) in [5.74, 6) is -0.148. The number of carbonyl (C=O) groups is 2. The van der Waals surface area contributed by atoms with Crippen molar-refractivity contribution in [2.45, 2.75) is 33.6 Å². The first kappa shape index (κ1) is 27.2. The summed E-state index contributed by atoms with van der Waals surface area (Å²) in [5.41, 5.74) is 2.15. The van der Waals surface area contributed by atoms with E-state index < -0.39 is 11.9 Å². The van der Waals surface area contributed by atoms with Crippen LogP contribution in [-0.4, -0.2) is 32.1 Å². The van der Waals surface area contributed by atoms with Gasteiger partial charge in [0.15, 0.2) is 18.1 Å². The van der Waals surface area contributed by atoms with Gasteiger partial charge in [-0.3, -0.25) is 4.79 Å². The highest BCUT2D eigenvalue weighted by molar-refractivity contribution is 9.10. The van der Waals surface area contributed by atoms with Crippen LogP contribution < -0.4 is 19.5 Å². The SMILES string of the molecule is CCCCNC(=O)/C(C#N)=C/c1ccc(OC(=O)COc2cc(C)c(Cl)c(C)c2Br)c(OC)c1. The molecule has 7 nitrogen and oxygen atoms in total. The Kier molecular flexibility index (Phi) is 10.4. The van der Waals surface area contributed by atoms with E-state index in [9.17, 15) is 14.9 Å². The van der Waals surface area contributed by atoms with E-state index in [-0.39, 0.29) is 23.7 Å². The molecular formula is C25H26BrClN2O5. The molecule has 1 N–H and O–H groups in total. The third-order valence-electron chi connectivity index (χ3n) is 4.82. The van der Waals surface area contributed by atoms with Gasteiger partial charge >= 0.3 is 5.97 Å². The zero-order chi connectivity index (χ0) is 25.3. The van der Waals surface area contributed by atoms with Gasteiger partial charge in [0, 0.05) is 11.6 Å². The van der Waals surface area contributed by atoms with Gasteiger partial charge in [-0.05, 0) is 77.2 Å². The number of ether oxygens (including phenoxy) is 3. The second-order valence-electron chi connectivity index (χ2n) is 7.40. The lowest BCUT2D eigenvalue weighted by Crippen LogP contribution is -2.25. The summed E-state index contributed by atoms with van der Waals surface area (Å²) in [7, 11) is 1.43. The predicted molar refractivity (Wildman–Crippen MR) is 134 cm³/mol. The molecule has 1 amide bonds. The van der Waals surface area contributed by atoms with Gasteiger partial charge in [0.2, 0.25) is 0 Å². The first-order valence-corrected chi connectivity index (χ1v) is 11.8. The molecule has 0 saturated heterocycles. The number of aryl methyl sites for hydroxylation is 1. The number of benzene rings is 2. The number of nitriles is 1. The van der Waals surface area contributed by atoms with Crippen molar-refractivity contribution < 1.29 is 23.8 Å². The van der Waals surface area contributed by atoms with Crippen molar-refractivity contribution in [1.82, 2.24) is 5.32 Å². The predicted octanol–water partition coefficient (Wildman–Crippen LogP) is 5.54. The molecule has 0 aromatic heterocycles. The van der Waals surface area contributed by atoms with Crippen LogP contribution in [0.3, 0.4) is 0 Å². The number of carbonyl (C=O) groups excluding carboxylic acids is 2. The quantitative estimate of drug-likeness (QED) is 0.137. The Morgan fingerprint density at radius 1 is 1.21 bits per heavy atom. The highest BCUT2D eigenvalue weighted by Gasteiger charge is 2.16. The molecule has 2 aromatic carbocycles. The molecule has 180 valence electrons. The molecule has 0 aliphatic rings. The average molecular weight is 550 g/mol. The fourth-order valence-electron chi connectivity index (χ4n) is 2.94. The van der Waals surface area contributed by atoms with Crippen LogP contribution in [0.15, 0.2) is 34.3 Å². The maximum Gasteiger partial charge on any atom is 0.349 e. The molecule has 0 spiro atoms. The number of nitrogens with zero attached hydrogens (tertiary/aromatic N) is 1. The Hall–Kier alpha value is -3.02. The molecule has 0 atom stereocenters. The summed E-state index contributed by atoms with van der Waals surface area (Å²) in [5, 5.41) is 12.7. The van der Waals surface area contributed by atoms with Crippen LogP contribution >= 0.6 is 27.5 Å². The van der Waals surface area contributed by atoms with Crippen molar-refractivity contribution in [2.24, 2.45) is 0 Å². The van der Waals surface area contributed by atoms with Crippen molar-refractivity contribution in [1.29, 1.82) is 5.26 Å². The highest BCUT2D eigenvalue weighted by Crippen LogP contribution is 2.36. The van der Waals surface area contributed by atoms with Crippen LogP contribution in [0.2, 0.25) is 5.02 Å². The van der Waals surface area contributed by atoms with Gasteiger partial charge in [0.25, 0.3) is 5.91 Å². The Balaban J connectivity index is 2.10. The topological polar surface area (TPSA) is 97.7 Å². The van der Waals surface area contributed by atoms with Crippen LogP contribution in [0.1, 0.15) is 36.5 Å². The maximum absolute atomic E-state index is 12.4. The summed E-state index contributed by atoms with van der Waals surface area (Å²) in [6, 6.07) is 8.35. The number of hydrogen-bond donors (Lipinski definition) is 1. The van der Waals surface area contributed by atoms with Crippen molar-refractivity contribution >= 4 is 45.5 Å². The first-order valence-electron chi connectivity index (χ1n) is 10.6. The largest absolute Gasteiger partial charge is 0.493 e. The molecule has 0 heterocycles. The lowest BCUT2D eigenvalue weighted by Gasteiger charge is -2.14. The summed E-state index contributed by atoms with van der Waals surface area (Å²) in [4.78, 5) is 24.5. The number of esters is 1. The Bertz CT molecular complexity index is 1140. The molecule has 0 aliphatic carbocycles. The van der Waals surface area contributed by atoms with Crippen LogP contribution in [0.4, 0.5) is 0 Å². The lowest BCUT2D eigenvalue weighted by molar-refractivity contribution is -0.136. The normalized spacial score (nSPS) is 10.9. The lowest BCUT2D eigenvalue weighted by atomic mass is 10.1. The molecule has 0 bridgehead atoms. The molecule has 34 heavy (non-hydrogen) atoms. The van der Waals surface area contributed by atoms with E-state index in [0.29, 0.717) is 27.4 Å². The van der Waals surface area contributed by atoms with Gasteiger partial charge in [-0.2, -0.15) is 5.26 Å². The van der Waals surface area contributed by atoms with Crippen molar-refractivity contribution in [3.63, 3.8) is 0 Å². The van der Waals surface area contributed by atoms with Crippen molar-refractivity contribution in [2.75, 3.05) is 20.3 Å². The molecule has 9 heteroatoms. The third-order valence-corrected chi connectivity index (χ3v) is 6.38. The molecular weight excluding hydrogens is 524 g/mol. The molecule has 0 unspecified atom stereocenters. The van der Waals surface area contributed by atoms with Gasteiger partial charge < -0.3 is 19.5 Å². The van der Waals surface area contributed by atoms with Crippen LogP contribution in [-0.2, 0) is 9.59 Å². The summed E-state index contributed by atoms with van der Waals surface area (Å²) in [6.45, 7) is 5.87. The molecule has 0 saturated carbocycles. The van der Waals surface area contributed by atoms with E-state index in [4.69, 9.17) is 25.8 Å². The van der Waals surface area contributed by atoms with Gasteiger partial charge in [-0.25, -0.2) is 4.79 Å². The standard InChI is InChI=1S/C25H26BrClN2O5/c1-5-6-9-29-25(31)18(13-28)11-17-7-8-19(20(12-17)32-4)34-22(30)14-33-21-10-15(2)24(27)16(3)23(21)26/h7-8,10-12H,5-6,9,14H2,1-4H3,(H,29,31)/b18-11+. The number of methoxy groups -OCH3 is 1. The van der Waals surface area contributed by atoms with Crippen LogP contribution in [0.25, 0.3) is 6.08 Å². The summed E-state index contributed by atoms with van der Waals surface area (Å²) in [6.07, 6.45) is 3.21. The second-order valence-corrected chi connectivity index (χ2v) is 8.57. The van der Waals surface area contributed by atoms with Gasteiger partial charge in [-0.1, -0.05) is 31.0 Å². The number of halogens is 2. The van der Waals surface area contributed by atoms with Gasteiger partial charge in [0.1, 0.15) is 17.4 Å². The number of nitrogens with one attached hydrogen (secondary N) is 1. The molecule has 2 rings (SSSR count). The van der Waals surface area contributed by atoms with Crippen LogP contribution in [0.5, 0.6) is 17.2 Å². The molecule has 0 aliphatic heterocycles. The van der Waals surface area contributed by atoms with E-state index in [0.717, 1.165) is 24.0 Å². The van der Waals surface area contributed by atoms with Crippen molar-refractivity contribution in [3.8, 4) is 23.3 Å². The van der Waals surface area contributed by atoms with Crippen LogP contribution in [0, 0.1) is 25.2 Å². The average Bonchev–Trinajstić information content (AvgIpc) is 2.83. The third kappa shape index (κ3) is 7.24. The number of hydrogen-bond acceptors (Lipinski definition) is 6. The van der Waals surface area contributed by atoms with E-state index in [1.54, 1.807) is 18.2 Å². The molecule has 2 aromatic rings. The maximum atomic E-state index is 12.4. The smallest absolute Gasteiger partial charge is 0.349 e. The highest BCUT2D eigenvalue weighted by atomic mass is 79.9. The van der Waals surface area contributed by atoms with E-state index >= 15 is 0 Å². The van der Waals surface area contributed by atoms with E-state index in [1.807, 2.05) is 26.8 Å². The minimum atomic E-state index is -0.633. The van der Waals surface area contributed by atoms with Crippen molar-refractivity contribution in [3.05, 3.63) is 56.0 Å². The minimum Gasteiger partial charge on any atom is -0.493 e. The second kappa shape index (κ2) is 13.0. The summed E-state index contributed by atoms with van der Waals surface area (Å²) >= 11 is 9.65.